The van der Waals surface area contributed by atoms with Crippen molar-refractivity contribution in [3.63, 3.8) is 0 Å². The van der Waals surface area contributed by atoms with Gasteiger partial charge in [-0.3, -0.25) is 0 Å². The van der Waals surface area contributed by atoms with Crippen molar-refractivity contribution in [1.82, 2.24) is 0 Å². The molecule has 0 fully saturated rings. The molecule has 0 aliphatic heterocycles. The van der Waals surface area contributed by atoms with E-state index in [1.54, 1.807) is 7.11 Å². The Balaban J connectivity index is 3.71. The highest BCUT2D eigenvalue weighted by atomic mass is 16.5. The van der Waals surface area contributed by atoms with Crippen LogP contribution in [0.4, 0.5) is 0 Å². The first-order valence-electron chi connectivity index (χ1n) is 3.43. The number of rotatable bonds is 4. The van der Waals surface area contributed by atoms with Crippen molar-refractivity contribution in [2.45, 2.75) is 32.0 Å². The summed E-state index contributed by atoms with van der Waals surface area (Å²) in [7, 11) is 1.56. The lowest BCUT2D eigenvalue weighted by atomic mass is 10.1. The fraction of sp³-hybridized carbons (Fsp3) is 0.750. The summed E-state index contributed by atoms with van der Waals surface area (Å²) < 4.78 is 4.95. The van der Waals surface area contributed by atoms with Crippen molar-refractivity contribution in [2.24, 2.45) is 0 Å². The largest absolute Gasteiger partial charge is 0.378 e. The molecule has 0 bridgehead atoms. The number of terminal acetylenes is 1. The molecule has 0 aromatic heterocycles. The Kier molecular flexibility index (Phi) is 5.00. The Morgan fingerprint density at radius 1 is 1.70 bits per heavy atom. The van der Waals surface area contributed by atoms with E-state index in [9.17, 15) is 0 Å². The van der Waals surface area contributed by atoms with Crippen LogP contribution in [0.1, 0.15) is 19.8 Å². The monoisotopic (exact) mass is 142 g/mol. The van der Waals surface area contributed by atoms with Crippen LogP contribution in [0.3, 0.4) is 0 Å². The smallest absolute Gasteiger partial charge is 0.140 e. The summed E-state index contributed by atoms with van der Waals surface area (Å²) >= 11 is 0. The molecule has 58 valence electrons. The van der Waals surface area contributed by atoms with E-state index < -0.39 is 6.10 Å². The van der Waals surface area contributed by atoms with E-state index in [-0.39, 0.29) is 6.10 Å². The van der Waals surface area contributed by atoms with Gasteiger partial charge in [0.25, 0.3) is 0 Å². The molecule has 0 saturated heterocycles. The maximum atomic E-state index is 9.09. The molecule has 0 heterocycles. The normalized spacial score (nSPS) is 15.8. The van der Waals surface area contributed by atoms with E-state index in [2.05, 4.69) is 5.92 Å². The molecular formula is C8H14O2. The molecule has 0 aromatic rings. The Morgan fingerprint density at radius 3 is 2.60 bits per heavy atom. The first kappa shape index (κ1) is 9.48. The quantitative estimate of drug-likeness (QED) is 0.588. The number of hydrogen-bond acceptors (Lipinski definition) is 2. The summed E-state index contributed by atoms with van der Waals surface area (Å²) in [5.41, 5.74) is 0. The van der Waals surface area contributed by atoms with Gasteiger partial charge in [-0.25, -0.2) is 0 Å². The first-order chi connectivity index (χ1) is 4.76. The van der Waals surface area contributed by atoms with Crippen molar-refractivity contribution >= 4 is 0 Å². The number of hydrogen-bond donors (Lipinski definition) is 1. The van der Waals surface area contributed by atoms with Crippen molar-refractivity contribution in [3.8, 4) is 12.3 Å². The molecule has 0 radical (unpaired) electrons. The van der Waals surface area contributed by atoms with E-state index in [0.717, 1.165) is 12.8 Å². The predicted molar refractivity (Wildman–Crippen MR) is 40.5 cm³/mol. The van der Waals surface area contributed by atoms with Gasteiger partial charge in [0.1, 0.15) is 6.10 Å². The minimum absolute atomic E-state index is 0.199. The van der Waals surface area contributed by atoms with Crippen LogP contribution < -0.4 is 0 Å². The lowest BCUT2D eigenvalue weighted by Gasteiger charge is -2.15. The number of methoxy groups -OCH3 is 1. The summed E-state index contributed by atoms with van der Waals surface area (Å²) in [5.74, 6) is 2.23. The molecule has 0 rings (SSSR count). The zero-order valence-corrected chi connectivity index (χ0v) is 6.50. The van der Waals surface area contributed by atoms with Crippen LogP contribution in [0.25, 0.3) is 0 Å². The summed E-state index contributed by atoms with van der Waals surface area (Å²) in [4.78, 5) is 0. The van der Waals surface area contributed by atoms with Gasteiger partial charge in [-0.15, -0.1) is 6.42 Å². The second-order valence-corrected chi connectivity index (χ2v) is 2.17. The summed E-state index contributed by atoms with van der Waals surface area (Å²) in [6.07, 6.45) is 5.82. The molecule has 2 nitrogen and oxygen atoms in total. The molecular weight excluding hydrogens is 128 g/mol. The SMILES string of the molecule is C#CC(O)C(CCC)OC. The van der Waals surface area contributed by atoms with Crippen molar-refractivity contribution in [3.05, 3.63) is 0 Å². The third-order valence-electron chi connectivity index (χ3n) is 1.40. The lowest BCUT2D eigenvalue weighted by molar-refractivity contribution is 0.0113. The van der Waals surface area contributed by atoms with Gasteiger partial charge in [-0.1, -0.05) is 19.3 Å². The average molecular weight is 142 g/mol. The maximum Gasteiger partial charge on any atom is 0.140 e. The van der Waals surface area contributed by atoms with Crippen LogP contribution in [0.15, 0.2) is 0 Å². The Labute approximate surface area is 62.2 Å². The highest BCUT2D eigenvalue weighted by Gasteiger charge is 2.13. The second kappa shape index (κ2) is 5.28. The van der Waals surface area contributed by atoms with Gasteiger partial charge >= 0.3 is 0 Å². The van der Waals surface area contributed by atoms with Crippen molar-refractivity contribution in [2.75, 3.05) is 7.11 Å². The summed E-state index contributed by atoms with van der Waals surface area (Å²) in [5, 5.41) is 9.09. The molecule has 2 atom stereocenters. The molecule has 2 heteroatoms. The summed E-state index contributed by atoms with van der Waals surface area (Å²) in [6.45, 7) is 2.02. The van der Waals surface area contributed by atoms with Crippen molar-refractivity contribution < 1.29 is 9.84 Å². The fourth-order valence-corrected chi connectivity index (χ4v) is 0.796. The highest BCUT2D eigenvalue weighted by Crippen LogP contribution is 2.04. The van der Waals surface area contributed by atoms with Crippen LogP contribution in [-0.2, 0) is 4.74 Å². The lowest BCUT2D eigenvalue weighted by Crippen LogP contribution is -2.26. The predicted octanol–water partition coefficient (Wildman–Crippen LogP) is 0.796. The Morgan fingerprint density at radius 2 is 2.30 bits per heavy atom. The van der Waals surface area contributed by atoms with E-state index in [4.69, 9.17) is 16.3 Å². The third kappa shape index (κ3) is 2.86. The third-order valence-corrected chi connectivity index (χ3v) is 1.40. The fourth-order valence-electron chi connectivity index (χ4n) is 0.796. The second-order valence-electron chi connectivity index (χ2n) is 2.17. The van der Waals surface area contributed by atoms with Gasteiger partial charge in [0.05, 0.1) is 6.10 Å². The molecule has 0 aliphatic carbocycles. The summed E-state index contributed by atoms with van der Waals surface area (Å²) in [6, 6.07) is 0. The minimum atomic E-state index is -0.759. The number of ether oxygens (including phenoxy) is 1. The van der Waals surface area contributed by atoms with Crippen LogP contribution in [-0.4, -0.2) is 24.4 Å². The number of aliphatic hydroxyl groups excluding tert-OH is 1. The van der Waals surface area contributed by atoms with Gasteiger partial charge in [0.2, 0.25) is 0 Å². The van der Waals surface area contributed by atoms with Crippen molar-refractivity contribution in [1.29, 1.82) is 0 Å². The zero-order chi connectivity index (χ0) is 7.98. The minimum Gasteiger partial charge on any atom is -0.378 e. The molecule has 0 aromatic carbocycles. The Bertz CT molecular complexity index is 115. The van der Waals surface area contributed by atoms with Gasteiger partial charge in [-0.2, -0.15) is 0 Å². The first-order valence-corrected chi connectivity index (χ1v) is 3.43. The van der Waals surface area contributed by atoms with E-state index in [0.29, 0.717) is 0 Å². The van der Waals surface area contributed by atoms with Gasteiger partial charge in [0.15, 0.2) is 0 Å². The molecule has 10 heavy (non-hydrogen) atoms. The molecule has 2 unspecified atom stereocenters. The Hall–Kier alpha value is -0.520. The van der Waals surface area contributed by atoms with Crippen LogP contribution in [0, 0.1) is 12.3 Å². The molecule has 0 saturated carbocycles. The van der Waals surface area contributed by atoms with E-state index in [1.165, 1.54) is 0 Å². The van der Waals surface area contributed by atoms with Crippen LogP contribution in [0.2, 0.25) is 0 Å². The maximum absolute atomic E-state index is 9.09. The van der Waals surface area contributed by atoms with Gasteiger partial charge in [0, 0.05) is 7.11 Å². The topological polar surface area (TPSA) is 29.5 Å². The van der Waals surface area contributed by atoms with Crippen LogP contribution in [0.5, 0.6) is 0 Å². The highest BCUT2D eigenvalue weighted by molar-refractivity contribution is 4.97. The number of aliphatic hydroxyl groups is 1. The van der Waals surface area contributed by atoms with Gasteiger partial charge < -0.3 is 9.84 Å². The average Bonchev–Trinajstić information content (AvgIpc) is 1.99. The van der Waals surface area contributed by atoms with Crippen LogP contribution >= 0.6 is 0 Å². The van der Waals surface area contributed by atoms with E-state index >= 15 is 0 Å². The zero-order valence-electron chi connectivity index (χ0n) is 6.50. The molecule has 0 amide bonds. The van der Waals surface area contributed by atoms with E-state index in [1.807, 2.05) is 6.92 Å². The van der Waals surface area contributed by atoms with Gasteiger partial charge in [-0.05, 0) is 6.42 Å². The molecule has 0 spiro atoms. The molecule has 0 aliphatic rings. The standard InChI is InChI=1S/C8H14O2/c1-4-6-8(10-3)7(9)5-2/h2,7-9H,4,6H2,1,3H3. The molecule has 1 N–H and O–H groups in total.